The van der Waals surface area contributed by atoms with Crippen molar-refractivity contribution in [2.75, 3.05) is 6.54 Å². The van der Waals surface area contributed by atoms with Crippen LogP contribution in [0.4, 0.5) is 0 Å². The van der Waals surface area contributed by atoms with Crippen LogP contribution >= 0.6 is 0 Å². The zero-order valence-electron chi connectivity index (χ0n) is 13.7. The summed E-state index contributed by atoms with van der Waals surface area (Å²) >= 11 is 0. The van der Waals surface area contributed by atoms with E-state index in [4.69, 9.17) is 0 Å². The highest BCUT2D eigenvalue weighted by molar-refractivity contribution is 5.32. The summed E-state index contributed by atoms with van der Waals surface area (Å²) in [5, 5.41) is 3.59. The third-order valence-corrected chi connectivity index (χ3v) is 4.10. The van der Waals surface area contributed by atoms with Crippen LogP contribution < -0.4 is 5.32 Å². The van der Waals surface area contributed by atoms with Crippen molar-refractivity contribution in [1.82, 2.24) is 5.32 Å². The van der Waals surface area contributed by atoms with Crippen molar-refractivity contribution in [3.63, 3.8) is 0 Å². The largest absolute Gasteiger partial charge is 0.314 e. The average molecular weight is 281 g/mol. The second-order valence-electron chi connectivity index (χ2n) is 6.29. The SMILES string of the molecule is Cc1ccc(CC(CNC(C)C)c2ccccc2)cc1C. The van der Waals surface area contributed by atoms with Crippen LogP contribution in [0.1, 0.15) is 42.0 Å². The zero-order chi connectivity index (χ0) is 15.2. The molecule has 0 saturated carbocycles. The maximum absolute atomic E-state index is 3.59. The van der Waals surface area contributed by atoms with Gasteiger partial charge in [0, 0.05) is 18.5 Å². The van der Waals surface area contributed by atoms with Gasteiger partial charge in [-0.05, 0) is 42.5 Å². The molecular formula is C20H27N. The molecule has 0 aromatic heterocycles. The van der Waals surface area contributed by atoms with E-state index in [9.17, 15) is 0 Å². The Morgan fingerprint density at radius 2 is 1.62 bits per heavy atom. The molecule has 1 nitrogen and oxygen atoms in total. The van der Waals surface area contributed by atoms with E-state index in [1.165, 1.54) is 22.3 Å². The van der Waals surface area contributed by atoms with Crippen LogP contribution in [0, 0.1) is 13.8 Å². The number of hydrogen-bond donors (Lipinski definition) is 1. The molecule has 0 amide bonds. The summed E-state index contributed by atoms with van der Waals surface area (Å²) in [6, 6.07) is 18.2. The Bertz CT molecular complexity index is 557. The van der Waals surface area contributed by atoms with Gasteiger partial charge in [-0.2, -0.15) is 0 Å². The molecule has 0 heterocycles. The topological polar surface area (TPSA) is 12.0 Å². The van der Waals surface area contributed by atoms with Crippen molar-refractivity contribution in [1.29, 1.82) is 0 Å². The number of aryl methyl sites for hydroxylation is 2. The maximum atomic E-state index is 3.59. The fourth-order valence-electron chi connectivity index (χ4n) is 2.63. The Balaban J connectivity index is 2.17. The van der Waals surface area contributed by atoms with Gasteiger partial charge in [0.1, 0.15) is 0 Å². The number of benzene rings is 2. The molecule has 1 atom stereocenters. The van der Waals surface area contributed by atoms with Crippen LogP contribution in [0.2, 0.25) is 0 Å². The molecule has 2 rings (SSSR count). The summed E-state index contributed by atoms with van der Waals surface area (Å²) in [4.78, 5) is 0. The minimum Gasteiger partial charge on any atom is -0.314 e. The molecule has 0 bridgehead atoms. The van der Waals surface area contributed by atoms with Gasteiger partial charge in [-0.1, -0.05) is 62.4 Å². The molecule has 0 fully saturated rings. The predicted molar refractivity (Wildman–Crippen MR) is 91.9 cm³/mol. The molecule has 2 aromatic carbocycles. The first-order valence-electron chi connectivity index (χ1n) is 7.90. The van der Waals surface area contributed by atoms with Crippen LogP contribution in [0.5, 0.6) is 0 Å². The Labute approximate surface area is 129 Å². The lowest BCUT2D eigenvalue weighted by atomic mass is 9.90. The van der Waals surface area contributed by atoms with Crippen LogP contribution in [0.3, 0.4) is 0 Å². The van der Waals surface area contributed by atoms with Crippen molar-refractivity contribution in [2.45, 2.75) is 46.1 Å². The molecule has 0 radical (unpaired) electrons. The standard InChI is InChI=1S/C20H27N/c1-15(2)21-14-20(19-8-6-5-7-9-19)13-18-11-10-16(3)17(4)12-18/h5-12,15,20-21H,13-14H2,1-4H3. The lowest BCUT2D eigenvalue weighted by Crippen LogP contribution is -2.29. The molecule has 112 valence electrons. The van der Waals surface area contributed by atoms with E-state index < -0.39 is 0 Å². The lowest BCUT2D eigenvalue weighted by Gasteiger charge is -2.20. The number of rotatable bonds is 6. The Morgan fingerprint density at radius 3 is 2.24 bits per heavy atom. The molecule has 0 aliphatic rings. The molecule has 0 aliphatic carbocycles. The lowest BCUT2D eigenvalue weighted by molar-refractivity contribution is 0.527. The Kier molecular flexibility index (Phi) is 5.58. The minimum atomic E-state index is 0.524. The van der Waals surface area contributed by atoms with Gasteiger partial charge in [0.2, 0.25) is 0 Å². The first-order chi connectivity index (χ1) is 10.1. The highest BCUT2D eigenvalue weighted by Crippen LogP contribution is 2.22. The molecule has 0 spiro atoms. The molecule has 1 N–H and O–H groups in total. The second kappa shape index (κ2) is 7.42. The summed E-state index contributed by atoms with van der Waals surface area (Å²) in [6.45, 7) is 9.81. The highest BCUT2D eigenvalue weighted by atomic mass is 14.9. The molecule has 1 unspecified atom stereocenters. The minimum absolute atomic E-state index is 0.524. The normalized spacial score (nSPS) is 12.6. The Hall–Kier alpha value is -1.60. The van der Waals surface area contributed by atoms with Gasteiger partial charge in [0.25, 0.3) is 0 Å². The molecule has 0 saturated heterocycles. The van der Waals surface area contributed by atoms with E-state index in [2.05, 4.69) is 81.5 Å². The van der Waals surface area contributed by atoms with E-state index in [0.717, 1.165) is 13.0 Å². The van der Waals surface area contributed by atoms with Gasteiger partial charge in [0.15, 0.2) is 0 Å². The number of nitrogens with one attached hydrogen (secondary N) is 1. The monoisotopic (exact) mass is 281 g/mol. The molecule has 0 aliphatic heterocycles. The summed E-state index contributed by atoms with van der Waals surface area (Å²) in [7, 11) is 0. The van der Waals surface area contributed by atoms with Gasteiger partial charge in [-0.15, -0.1) is 0 Å². The van der Waals surface area contributed by atoms with E-state index in [0.29, 0.717) is 12.0 Å². The third-order valence-electron chi connectivity index (χ3n) is 4.10. The summed E-state index contributed by atoms with van der Waals surface area (Å²) in [5.74, 6) is 0.524. The van der Waals surface area contributed by atoms with E-state index in [1.807, 2.05) is 0 Å². The molecule has 2 aromatic rings. The van der Waals surface area contributed by atoms with Gasteiger partial charge in [-0.25, -0.2) is 0 Å². The third kappa shape index (κ3) is 4.71. The van der Waals surface area contributed by atoms with Gasteiger partial charge in [-0.3, -0.25) is 0 Å². The van der Waals surface area contributed by atoms with Crippen LogP contribution in [-0.4, -0.2) is 12.6 Å². The van der Waals surface area contributed by atoms with Crippen LogP contribution in [0.15, 0.2) is 48.5 Å². The quantitative estimate of drug-likeness (QED) is 0.814. The van der Waals surface area contributed by atoms with Crippen molar-refractivity contribution in [3.8, 4) is 0 Å². The van der Waals surface area contributed by atoms with Gasteiger partial charge >= 0.3 is 0 Å². The Morgan fingerprint density at radius 1 is 0.905 bits per heavy atom. The van der Waals surface area contributed by atoms with E-state index >= 15 is 0 Å². The van der Waals surface area contributed by atoms with Gasteiger partial charge in [0.05, 0.1) is 0 Å². The fourth-order valence-corrected chi connectivity index (χ4v) is 2.63. The summed E-state index contributed by atoms with van der Waals surface area (Å²) in [5.41, 5.74) is 5.60. The van der Waals surface area contributed by atoms with Crippen molar-refractivity contribution in [3.05, 3.63) is 70.8 Å². The van der Waals surface area contributed by atoms with Crippen molar-refractivity contribution < 1.29 is 0 Å². The van der Waals surface area contributed by atoms with Crippen LogP contribution in [-0.2, 0) is 6.42 Å². The van der Waals surface area contributed by atoms with Crippen molar-refractivity contribution in [2.24, 2.45) is 0 Å². The summed E-state index contributed by atoms with van der Waals surface area (Å²) in [6.07, 6.45) is 1.09. The summed E-state index contributed by atoms with van der Waals surface area (Å²) < 4.78 is 0. The maximum Gasteiger partial charge on any atom is 0.00257 e. The molecule has 21 heavy (non-hydrogen) atoms. The number of hydrogen-bond acceptors (Lipinski definition) is 1. The van der Waals surface area contributed by atoms with E-state index in [1.54, 1.807) is 0 Å². The first kappa shape index (κ1) is 15.8. The average Bonchev–Trinajstić information content (AvgIpc) is 2.48. The predicted octanol–water partition coefficient (Wildman–Crippen LogP) is 4.63. The fraction of sp³-hybridized carbons (Fsp3) is 0.400. The zero-order valence-corrected chi connectivity index (χ0v) is 13.7. The van der Waals surface area contributed by atoms with Gasteiger partial charge < -0.3 is 5.32 Å². The first-order valence-corrected chi connectivity index (χ1v) is 7.90. The van der Waals surface area contributed by atoms with E-state index in [-0.39, 0.29) is 0 Å². The molecule has 1 heteroatoms. The molecular weight excluding hydrogens is 254 g/mol. The second-order valence-corrected chi connectivity index (χ2v) is 6.29. The smallest absolute Gasteiger partial charge is 0.00257 e. The highest BCUT2D eigenvalue weighted by Gasteiger charge is 2.13. The van der Waals surface area contributed by atoms with Crippen molar-refractivity contribution >= 4 is 0 Å². The van der Waals surface area contributed by atoms with Crippen LogP contribution in [0.25, 0.3) is 0 Å².